The number of rotatable bonds is 4. The average molecular weight is 255 g/mol. The molecule has 1 saturated carbocycles. The maximum absolute atomic E-state index is 11.1. The molecule has 1 aromatic heterocycles. The van der Waals surface area contributed by atoms with Crippen molar-refractivity contribution in [2.45, 2.75) is 45.1 Å². The van der Waals surface area contributed by atoms with E-state index in [1.165, 1.54) is 11.5 Å². The second-order valence-electron chi connectivity index (χ2n) is 4.35. The summed E-state index contributed by atoms with van der Waals surface area (Å²) in [6.07, 6.45) is 4.56. The molecule has 1 aromatic rings. The number of nitrogens with one attached hydrogen (secondary N) is 1. The lowest BCUT2D eigenvalue weighted by Gasteiger charge is -2.28. The molecule has 17 heavy (non-hydrogen) atoms. The van der Waals surface area contributed by atoms with Crippen molar-refractivity contribution in [1.82, 2.24) is 9.36 Å². The highest BCUT2D eigenvalue weighted by Gasteiger charge is 2.31. The summed E-state index contributed by atoms with van der Waals surface area (Å²) in [5, 5.41) is 13.1. The third-order valence-corrected chi connectivity index (χ3v) is 3.86. The number of aryl methyl sites for hydroxylation is 1. The van der Waals surface area contributed by atoms with Crippen LogP contribution < -0.4 is 5.32 Å². The van der Waals surface area contributed by atoms with Crippen molar-refractivity contribution in [1.29, 1.82) is 0 Å². The SMILES string of the molecule is CCc1nsc(NC2CCCCC2C(=O)O)n1. The van der Waals surface area contributed by atoms with E-state index in [0.29, 0.717) is 0 Å². The number of carbonyl (C=O) groups is 1. The van der Waals surface area contributed by atoms with Gasteiger partial charge in [-0.25, -0.2) is 4.98 Å². The molecule has 2 atom stereocenters. The molecule has 2 rings (SSSR count). The Balaban J connectivity index is 2.02. The van der Waals surface area contributed by atoms with Gasteiger partial charge in [-0.1, -0.05) is 19.8 Å². The number of aromatic nitrogens is 2. The number of hydrogen-bond acceptors (Lipinski definition) is 5. The lowest BCUT2D eigenvalue weighted by molar-refractivity contribution is -0.143. The second-order valence-corrected chi connectivity index (χ2v) is 5.10. The number of hydrogen-bond donors (Lipinski definition) is 2. The Morgan fingerprint density at radius 3 is 2.94 bits per heavy atom. The van der Waals surface area contributed by atoms with E-state index in [1.807, 2.05) is 6.92 Å². The first-order valence-electron chi connectivity index (χ1n) is 6.02. The van der Waals surface area contributed by atoms with Gasteiger partial charge in [-0.05, 0) is 12.8 Å². The normalized spacial score (nSPS) is 24.5. The average Bonchev–Trinajstić information content (AvgIpc) is 2.77. The van der Waals surface area contributed by atoms with Gasteiger partial charge in [0.05, 0.1) is 5.92 Å². The molecule has 1 aliphatic carbocycles. The third-order valence-electron chi connectivity index (χ3n) is 3.18. The first-order valence-corrected chi connectivity index (χ1v) is 6.80. The van der Waals surface area contributed by atoms with Crippen LogP contribution in [0.25, 0.3) is 0 Å². The molecule has 0 aliphatic heterocycles. The lowest BCUT2D eigenvalue weighted by atomic mass is 9.85. The highest BCUT2D eigenvalue weighted by Crippen LogP contribution is 2.28. The summed E-state index contributed by atoms with van der Waals surface area (Å²) >= 11 is 1.32. The van der Waals surface area contributed by atoms with Gasteiger partial charge in [0, 0.05) is 24.0 Å². The van der Waals surface area contributed by atoms with Gasteiger partial charge in [-0.2, -0.15) is 4.37 Å². The summed E-state index contributed by atoms with van der Waals surface area (Å²) in [5.41, 5.74) is 0. The van der Waals surface area contributed by atoms with E-state index in [-0.39, 0.29) is 12.0 Å². The topological polar surface area (TPSA) is 75.1 Å². The minimum absolute atomic E-state index is 0.00101. The molecule has 0 aromatic carbocycles. The van der Waals surface area contributed by atoms with E-state index in [0.717, 1.165) is 43.1 Å². The van der Waals surface area contributed by atoms with Crippen LogP contribution >= 0.6 is 11.5 Å². The Morgan fingerprint density at radius 1 is 1.53 bits per heavy atom. The summed E-state index contributed by atoms with van der Waals surface area (Å²) in [6, 6.07) is -0.00101. The van der Waals surface area contributed by atoms with Gasteiger partial charge in [0.1, 0.15) is 5.82 Å². The second kappa shape index (κ2) is 5.44. The van der Waals surface area contributed by atoms with Crippen LogP contribution in [0.5, 0.6) is 0 Å². The Kier molecular flexibility index (Phi) is 3.93. The van der Waals surface area contributed by atoms with E-state index in [9.17, 15) is 4.79 Å². The molecular formula is C11H17N3O2S. The van der Waals surface area contributed by atoms with Crippen molar-refractivity contribution in [3.8, 4) is 0 Å². The smallest absolute Gasteiger partial charge is 0.308 e. The largest absolute Gasteiger partial charge is 0.481 e. The summed E-state index contributed by atoms with van der Waals surface area (Å²) < 4.78 is 4.19. The molecule has 2 unspecified atom stereocenters. The Labute approximate surface area is 104 Å². The maximum atomic E-state index is 11.1. The Hall–Kier alpha value is -1.17. The van der Waals surface area contributed by atoms with Crippen molar-refractivity contribution in [3.63, 3.8) is 0 Å². The minimum atomic E-state index is -0.706. The summed E-state index contributed by atoms with van der Waals surface area (Å²) in [4.78, 5) is 15.5. The number of anilines is 1. The predicted molar refractivity (Wildman–Crippen MR) is 66.3 cm³/mol. The molecule has 1 fully saturated rings. The lowest BCUT2D eigenvalue weighted by Crippen LogP contribution is -2.37. The number of aliphatic carboxylic acids is 1. The van der Waals surface area contributed by atoms with E-state index >= 15 is 0 Å². The molecule has 0 saturated heterocycles. The van der Waals surface area contributed by atoms with E-state index < -0.39 is 5.97 Å². The van der Waals surface area contributed by atoms with Crippen molar-refractivity contribution in [2.75, 3.05) is 5.32 Å². The fourth-order valence-corrected chi connectivity index (χ4v) is 2.93. The zero-order valence-corrected chi connectivity index (χ0v) is 10.7. The number of nitrogens with zero attached hydrogens (tertiary/aromatic N) is 2. The summed E-state index contributed by atoms with van der Waals surface area (Å²) in [5.74, 6) is -0.180. The van der Waals surface area contributed by atoms with Gasteiger partial charge in [0.15, 0.2) is 0 Å². The van der Waals surface area contributed by atoms with Crippen molar-refractivity contribution in [3.05, 3.63) is 5.82 Å². The fraction of sp³-hybridized carbons (Fsp3) is 0.727. The number of carboxylic acids is 1. The third kappa shape index (κ3) is 2.94. The molecule has 1 aliphatic rings. The van der Waals surface area contributed by atoms with Gasteiger partial charge >= 0.3 is 5.97 Å². The highest BCUT2D eigenvalue weighted by atomic mass is 32.1. The van der Waals surface area contributed by atoms with Gasteiger partial charge in [-0.3, -0.25) is 4.79 Å². The zero-order valence-electron chi connectivity index (χ0n) is 9.85. The number of carboxylic acid groups (broad SMARTS) is 1. The van der Waals surface area contributed by atoms with Crippen LogP contribution in [0.3, 0.4) is 0 Å². The van der Waals surface area contributed by atoms with Crippen LogP contribution in [0.15, 0.2) is 0 Å². The van der Waals surface area contributed by atoms with Crippen molar-refractivity contribution < 1.29 is 9.90 Å². The van der Waals surface area contributed by atoms with Crippen LogP contribution in [0.1, 0.15) is 38.4 Å². The van der Waals surface area contributed by atoms with Crippen molar-refractivity contribution in [2.24, 2.45) is 5.92 Å². The van der Waals surface area contributed by atoms with Gasteiger partial charge in [0.25, 0.3) is 0 Å². The van der Waals surface area contributed by atoms with Crippen LogP contribution in [0, 0.1) is 5.92 Å². The van der Waals surface area contributed by atoms with E-state index in [4.69, 9.17) is 5.11 Å². The molecule has 1 heterocycles. The quantitative estimate of drug-likeness (QED) is 0.862. The van der Waals surface area contributed by atoms with E-state index in [1.54, 1.807) is 0 Å². The fourth-order valence-electron chi connectivity index (χ4n) is 2.21. The monoisotopic (exact) mass is 255 g/mol. The molecule has 94 valence electrons. The van der Waals surface area contributed by atoms with Crippen LogP contribution in [0.2, 0.25) is 0 Å². The molecule has 6 heteroatoms. The van der Waals surface area contributed by atoms with Crippen LogP contribution in [-0.2, 0) is 11.2 Å². The first-order chi connectivity index (χ1) is 8.20. The molecule has 0 spiro atoms. The minimum Gasteiger partial charge on any atom is -0.481 e. The molecule has 0 bridgehead atoms. The molecule has 0 radical (unpaired) electrons. The molecule has 2 N–H and O–H groups in total. The highest BCUT2D eigenvalue weighted by molar-refractivity contribution is 7.09. The molecule has 5 nitrogen and oxygen atoms in total. The Bertz CT molecular complexity index is 394. The maximum Gasteiger partial charge on any atom is 0.308 e. The van der Waals surface area contributed by atoms with Crippen molar-refractivity contribution >= 4 is 22.6 Å². The van der Waals surface area contributed by atoms with Gasteiger partial charge in [0.2, 0.25) is 5.13 Å². The molecule has 0 amide bonds. The van der Waals surface area contributed by atoms with E-state index in [2.05, 4.69) is 14.7 Å². The zero-order chi connectivity index (χ0) is 12.3. The van der Waals surface area contributed by atoms with Gasteiger partial charge < -0.3 is 10.4 Å². The summed E-state index contributed by atoms with van der Waals surface area (Å²) in [6.45, 7) is 2.01. The predicted octanol–water partition coefficient (Wildman–Crippen LogP) is 2.16. The molecular weight excluding hydrogens is 238 g/mol. The van der Waals surface area contributed by atoms with Crippen LogP contribution in [-0.4, -0.2) is 26.5 Å². The standard InChI is InChI=1S/C11H17N3O2S/c1-2-9-13-11(17-14-9)12-8-6-4-3-5-7(8)10(15)16/h7-8H,2-6H2,1H3,(H,15,16)(H,12,13,14). The van der Waals surface area contributed by atoms with Crippen LogP contribution in [0.4, 0.5) is 5.13 Å². The van der Waals surface area contributed by atoms with Gasteiger partial charge in [-0.15, -0.1) is 0 Å². The Morgan fingerprint density at radius 2 is 2.29 bits per heavy atom. The first kappa shape index (κ1) is 12.3. The summed E-state index contributed by atoms with van der Waals surface area (Å²) in [7, 11) is 0.